The number of nitrogens with zero attached hydrogens (tertiary/aromatic N) is 2. The molecule has 1 aliphatic heterocycles. The number of carbonyl (C=O) groups is 2. The number of rotatable bonds is 7. The fraction of sp³-hybridized carbons (Fsp3) is 0.143. The maximum atomic E-state index is 13.4. The Labute approximate surface area is 181 Å². The van der Waals surface area contributed by atoms with Gasteiger partial charge in [0, 0.05) is 11.6 Å². The van der Waals surface area contributed by atoms with Gasteiger partial charge in [-0.25, -0.2) is 9.18 Å². The van der Waals surface area contributed by atoms with Crippen molar-refractivity contribution in [2.45, 2.75) is 6.61 Å². The third-order valence-electron chi connectivity index (χ3n) is 3.95. The van der Waals surface area contributed by atoms with Crippen LogP contribution in [-0.2, 0) is 20.9 Å². The third kappa shape index (κ3) is 5.92. The molecule has 1 heterocycles. The van der Waals surface area contributed by atoms with Crippen LogP contribution in [0.1, 0.15) is 11.1 Å². The third-order valence-corrected chi connectivity index (χ3v) is 4.85. The van der Waals surface area contributed by atoms with Gasteiger partial charge < -0.3 is 14.2 Å². The lowest BCUT2D eigenvalue weighted by molar-refractivity contribution is -0.135. The predicted octanol–water partition coefficient (Wildman–Crippen LogP) is 3.02. The van der Waals surface area contributed by atoms with Crippen molar-refractivity contribution in [3.05, 3.63) is 70.4 Å². The first-order chi connectivity index (χ1) is 15.0. The topological polar surface area (TPSA) is 98.6 Å². The Bertz CT molecular complexity index is 1080. The highest BCUT2D eigenvalue weighted by molar-refractivity contribution is 8.18. The SMILES string of the molecule is COC(=O)/C=C1/S/C(=N\N=Cc2cccc(OC)c2OCc2cccc(F)c2)NC1=O. The molecule has 3 rings (SSSR count). The zero-order valence-corrected chi connectivity index (χ0v) is 17.4. The van der Waals surface area contributed by atoms with Crippen molar-refractivity contribution in [2.75, 3.05) is 14.2 Å². The van der Waals surface area contributed by atoms with Gasteiger partial charge in [0.15, 0.2) is 16.7 Å². The maximum absolute atomic E-state index is 13.4. The van der Waals surface area contributed by atoms with Crippen LogP contribution in [0.5, 0.6) is 11.5 Å². The number of amides is 1. The van der Waals surface area contributed by atoms with E-state index in [0.29, 0.717) is 22.6 Å². The van der Waals surface area contributed by atoms with Crippen LogP contribution in [0.25, 0.3) is 0 Å². The highest BCUT2D eigenvalue weighted by atomic mass is 32.2. The molecular weight excluding hydrogens is 425 g/mol. The number of thioether (sulfide) groups is 1. The molecule has 0 spiro atoms. The van der Waals surface area contributed by atoms with Crippen molar-refractivity contribution >= 4 is 35.0 Å². The van der Waals surface area contributed by atoms with Gasteiger partial charge in [0.2, 0.25) is 0 Å². The molecule has 1 N–H and O–H groups in total. The highest BCUT2D eigenvalue weighted by Gasteiger charge is 2.25. The van der Waals surface area contributed by atoms with Crippen LogP contribution in [0.4, 0.5) is 4.39 Å². The molecule has 0 radical (unpaired) electrons. The molecule has 8 nitrogen and oxygen atoms in total. The summed E-state index contributed by atoms with van der Waals surface area (Å²) in [6, 6.07) is 11.3. The average molecular weight is 443 g/mol. The van der Waals surface area contributed by atoms with Gasteiger partial charge in [0.1, 0.15) is 12.4 Å². The van der Waals surface area contributed by atoms with E-state index in [-0.39, 0.29) is 22.5 Å². The number of esters is 1. The van der Waals surface area contributed by atoms with Crippen molar-refractivity contribution in [1.82, 2.24) is 5.32 Å². The number of hydrogen-bond donors (Lipinski definition) is 1. The summed E-state index contributed by atoms with van der Waals surface area (Å²) in [6.45, 7) is 0.126. The normalized spacial score (nSPS) is 16.0. The summed E-state index contributed by atoms with van der Waals surface area (Å²) in [4.78, 5) is 23.3. The summed E-state index contributed by atoms with van der Waals surface area (Å²) in [6.07, 6.45) is 2.51. The van der Waals surface area contributed by atoms with Crippen molar-refractivity contribution in [3.63, 3.8) is 0 Å². The Morgan fingerprint density at radius 3 is 2.77 bits per heavy atom. The van der Waals surface area contributed by atoms with Crippen LogP contribution in [-0.4, -0.2) is 37.5 Å². The molecule has 1 amide bonds. The molecule has 1 fully saturated rings. The number of hydrogen-bond acceptors (Lipinski definition) is 8. The zero-order chi connectivity index (χ0) is 22.2. The molecule has 1 saturated heterocycles. The van der Waals surface area contributed by atoms with E-state index in [1.807, 2.05) is 0 Å². The predicted molar refractivity (Wildman–Crippen MR) is 115 cm³/mol. The minimum absolute atomic E-state index is 0.126. The van der Waals surface area contributed by atoms with E-state index in [1.54, 1.807) is 30.3 Å². The van der Waals surface area contributed by atoms with E-state index in [4.69, 9.17) is 9.47 Å². The number of nitrogens with one attached hydrogen (secondary N) is 1. The molecule has 0 atom stereocenters. The standard InChI is InChI=1S/C21H18FN3O5S/c1-28-16-8-4-6-14(19(16)30-12-13-5-3-7-15(22)9-13)11-23-25-21-24-20(27)17(31-21)10-18(26)29-2/h3-11H,12H2,1-2H3,(H,24,25,27)/b17-10+,23-11?. The number of amidine groups is 1. The van der Waals surface area contributed by atoms with E-state index in [0.717, 1.165) is 17.8 Å². The fourth-order valence-corrected chi connectivity index (χ4v) is 3.26. The molecule has 160 valence electrons. The Morgan fingerprint density at radius 2 is 2.03 bits per heavy atom. The average Bonchev–Trinajstić information content (AvgIpc) is 3.11. The molecule has 0 bridgehead atoms. The lowest BCUT2D eigenvalue weighted by Gasteiger charge is -2.13. The van der Waals surface area contributed by atoms with Gasteiger partial charge >= 0.3 is 5.97 Å². The first-order valence-corrected chi connectivity index (χ1v) is 9.76. The highest BCUT2D eigenvalue weighted by Crippen LogP contribution is 2.31. The first-order valence-electron chi connectivity index (χ1n) is 8.94. The summed E-state index contributed by atoms with van der Waals surface area (Å²) < 4.78 is 29.1. The van der Waals surface area contributed by atoms with Crippen LogP contribution in [0.3, 0.4) is 0 Å². The van der Waals surface area contributed by atoms with Crippen LogP contribution in [0, 0.1) is 5.82 Å². The second-order valence-electron chi connectivity index (χ2n) is 6.03. The van der Waals surface area contributed by atoms with E-state index < -0.39 is 11.9 Å². The summed E-state index contributed by atoms with van der Waals surface area (Å²) in [5.74, 6) is -0.577. The summed E-state index contributed by atoms with van der Waals surface area (Å²) in [5, 5.41) is 10.7. The van der Waals surface area contributed by atoms with E-state index in [1.165, 1.54) is 32.6 Å². The summed E-state index contributed by atoms with van der Waals surface area (Å²) in [7, 11) is 2.73. The maximum Gasteiger partial charge on any atom is 0.331 e. The molecule has 10 heteroatoms. The van der Waals surface area contributed by atoms with Gasteiger partial charge in [0.05, 0.1) is 25.3 Å². The Balaban J connectivity index is 1.76. The fourth-order valence-electron chi connectivity index (χ4n) is 2.52. The van der Waals surface area contributed by atoms with Gasteiger partial charge in [-0.15, -0.1) is 5.10 Å². The van der Waals surface area contributed by atoms with E-state index >= 15 is 0 Å². The minimum atomic E-state index is -0.640. The van der Waals surface area contributed by atoms with E-state index in [2.05, 4.69) is 20.3 Å². The van der Waals surface area contributed by atoms with Gasteiger partial charge in [-0.2, -0.15) is 5.10 Å². The lowest BCUT2D eigenvalue weighted by atomic mass is 10.2. The number of methoxy groups -OCH3 is 2. The quantitative estimate of drug-likeness (QED) is 0.306. The number of halogens is 1. The Morgan fingerprint density at radius 1 is 1.23 bits per heavy atom. The number of benzene rings is 2. The van der Waals surface area contributed by atoms with Crippen LogP contribution < -0.4 is 14.8 Å². The molecule has 0 unspecified atom stereocenters. The first kappa shape index (κ1) is 22.0. The summed E-state index contributed by atoms with van der Waals surface area (Å²) in [5.41, 5.74) is 1.23. The van der Waals surface area contributed by atoms with Crippen LogP contribution in [0.15, 0.2) is 63.6 Å². The lowest BCUT2D eigenvalue weighted by Crippen LogP contribution is -2.19. The molecule has 1 aliphatic rings. The molecule has 31 heavy (non-hydrogen) atoms. The van der Waals surface area contributed by atoms with Gasteiger partial charge in [0.25, 0.3) is 5.91 Å². The second-order valence-corrected chi connectivity index (χ2v) is 7.07. The number of carbonyl (C=O) groups excluding carboxylic acids is 2. The van der Waals surface area contributed by atoms with Crippen LogP contribution >= 0.6 is 11.8 Å². The van der Waals surface area contributed by atoms with Crippen molar-refractivity contribution in [1.29, 1.82) is 0 Å². The monoisotopic (exact) mass is 443 g/mol. The molecule has 0 saturated carbocycles. The number of ether oxygens (including phenoxy) is 3. The largest absolute Gasteiger partial charge is 0.493 e. The van der Waals surface area contributed by atoms with Crippen LogP contribution in [0.2, 0.25) is 0 Å². The van der Waals surface area contributed by atoms with Gasteiger partial charge in [-0.05, 0) is 41.6 Å². The molecule has 0 aliphatic carbocycles. The Kier molecular flexibility index (Phi) is 7.39. The smallest absolute Gasteiger partial charge is 0.331 e. The zero-order valence-electron chi connectivity index (χ0n) is 16.6. The van der Waals surface area contributed by atoms with Gasteiger partial charge in [-0.3, -0.25) is 10.1 Å². The minimum Gasteiger partial charge on any atom is -0.493 e. The Hall–Kier alpha value is -3.66. The van der Waals surface area contributed by atoms with Crippen molar-refractivity contribution < 1.29 is 28.2 Å². The molecule has 2 aromatic rings. The second kappa shape index (κ2) is 10.4. The number of para-hydroxylation sites is 1. The van der Waals surface area contributed by atoms with Crippen molar-refractivity contribution in [3.8, 4) is 11.5 Å². The molecular formula is C21H18FN3O5S. The summed E-state index contributed by atoms with van der Waals surface area (Å²) >= 11 is 0.963. The van der Waals surface area contributed by atoms with Crippen molar-refractivity contribution in [2.24, 2.45) is 10.2 Å². The van der Waals surface area contributed by atoms with E-state index in [9.17, 15) is 14.0 Å². The molecule has 0 aromatic heterocycles. The van der Waals surface area contributed by atoms with Gasteiger partial charge in [-0.1, -0.05) is 18.2 Å². The molecule has 2 aromatic carbocycles.